The molecule has 2 rings (SSSR count). The maximum atomic E-state index is 3.47. The Bertz CT molecular complexity index is 204. The lowest BCUT2D eigenvalue weighted by Crippen LogP contribution is -2.54. The molecule has 0 atom stereocenters. The lowest BCUT2D eigenvalue weighted by Gasteiger charge is -2.27. The Kier molecular flexibility index (Phi) is 2.21. The average molecular weight is 168 g/mol. The van der Waals surface area contributed by atoms with Gasteiger partial charge in [0.25, 0.3) is 0 Å². The van der Waals surface area contributed by atoms with Crippen LogP contribution in [-0.2, 0) is 6.54 Å². The summed E-state index contributed by atoms with van der Waals surface area (Å²) in [6, 6.07) is 2.87. The Labute approximate surface area is 70.6 Å². The lowest BCUT2D eigenvalue weighted by molar-refractivity contribution is 0.365. The minimum atomic E-state index is 0.704. The van der Waals surface area contributed by atoms with Gasteiger partial charge in [0.2, 0.25) is 0 Å². The van der Waals surface area contributed by atoms with E-state index in [9.17, 15) is 0 Å². The molecule has 2 nitrogen and oxygen atoms in total. The van der Waals surface area contributed by atoms with Gasteiger partial charge < -0.3 is 10.6 Å². The fraction of sp³-hybridized carbons (Fsp3) is 0.500. The third-order valence-corrected chi connectivity index (χ3v) is 2.69. The molecule has 1 aliphatic rings. The van der Waals surface area contributed by atoms with Crippen LogP contribution < -0.4 is 10.6 Å². The van der Waals surface area contributed by atoms with Gasteiger partial charge in [-0.2, -0.15) is 11.3 Å². The first-order chi connectivity index (χ1) is 5.45. The predicted molar refractivity (Wildman–Crippen MR) is 47.8 cm³/mol. The summed E-state index contributed by atoms with van der Waals surface area (Å²) >= 11 is 1.76. The van der Waals surface area contributed by atoms with Crippen LogP contribution in [0.3, 0.4) is 0 Å². The summed E-state index contributed by atoms with van der Waals surface area (Å²) in [5.41, 5.74) is 1.40. The molecule has 0 amide bonds. The molecule has 0 unspecified atom stereocenters. The van der Waals surface area contributed by atoms with E-state index in [1.165, 1.54) is 5.56 Å². The zero-order valence-electron chi connectivity index (χ0n) is 6.34. The van der Waals surface area contributed by atoms with Gasteiger partial charge in [0.1, 0.15) is 0 Å². The molecule has 0 radical (unpaired) electrons. The molecule has 1 aliphatic heterocycles. The van der Waals surface area contributed by atoms with E-state index in [1.54, 1.807) is 11.3 Å². The summed E-state index contributed by atoms with van der Waals surface area (Å²) < 4.78 is 0. The van der Waals surface area contributed by atoms with Gasteiger partial charge in [0.05, 0.1) is 0 Å². The first-order valence-corrected chi connectivity index (χ1v) is 4.84. The summed E-state index contributed by atoms with van der Waals surface area (Å²) in [5.74, 6) is 0. The standard InChI is InChI=1S/C8H12N2S/c1-2-11-6-7(1)3-10-8-4-9-5-8/h1-2,6,8-10H,3-5H2. The van der Waals surface area contributed by atoms with Crippen molar-refractivity contribution in [1.29, 1.82) is 0 Å². The summed E-state index contributed by atoms with van der Waals surface area (Å²) in [6.45, 7) is 3.28. The van der Waals surface area contributed by atoms with Gasteiger partial charge in [0.15, 0.2) is 0 Å². The van der Waals surface area contributed by atoms with Crippen LogP contribution in [0.1, 0.15) is 5.56 Å². The van der Waals surface area contributed by atoms with E-state index in [4.69, 9.17) is 0 Å². The second kappa shape index (κ2) is 3.34. The topological polar surface area (TPSA) is 24.1 Å². The molecule has 0 aliphatic carbocycles. The first kappa shape index (κ1) is 7.28. The van der Waals surface area contributed by atoms with E-state index in [1.807, 2.05) is 0 Å². The van der Waals surface area contributed by atoms with Gasteiger partial charge in [-0.3, -0.25) is 0 Å². The van der Waals surface area contributed by atoms with Gasteiger partial charge in [-0.1, -0.05) is 0 Å². The SMILES string of the molecule is c1cc(CNC2CNC2)cs1. The van der Waals surface area contributed by atoms with Gasteiger partial charge >= 0.3 is 0 Å². The zero-order valence-corrected chi connectivity index (χ0v) is 7.16. The number of thiophene rings is 1. The zero-order chi connectivity index (χ0) is 7.52. The highest BCUT2D eigenvalue weighted by Gasteiger charge is 2.14. The van der Waals surface area contributed by atoms with Gasteiger partial charge in [-0.15, -0.1) is 0 Å². The highest BCUT2D eigenvalue weighted by Crippen LogP contribution is 2.05. The smallest absolute Gasteiger partial charge is 0.0320 e. The first-order valence-electron chi connectivity index (χ1n) is 3.90. The molecule has 2 N–H and O–H groups in total. The molecule has 11 heavy (non-hydrogen) atoms. The Balaban J connectivity index is 1.74. The molecule has 2 heterocycles. The molecular formula is C8H12N2S. The van der Waals surface area contributed by atoms with E-state index in [2.05, 4.69) is 27.5 Å². The number of hydrogen-bond acceptors (Lipinski definition) is 3. The van der Waals surface area contributed by atoms with E-state index in [0.717, 1.165) is 19.6 Å². The van der Waals surface area contributed by atoms with Crippen molar-refractivity contribution in [3.63, 3.8) is 0 Å². The second-order valence-electron chi connectivity index (χ2n) is 2.87. The lowest BCUT2D eigenvalue weighted by atomic mass is 10.2. The minimum absolute atomic E-state index is 0.704. The fourth-order valence-electron chi connectivity index (χ4n) is 1.09. The van der Waals surface area contributed by atoms with Crippen LogP contribution in [0.5, 0.6) is 0 Å². The van der Waals surface area contributed by atoms with Crippen LogP contribution in [0.4, 0.5) is 0 Å². The Morgan fingerprint density at radius 2 is 2.55 bits per heavy atom. The molecule has 0 spiro atoms. The minimum Gasteiger partial charge on any atom is -0.314 e. The van der Waals surface area contributed by atoms with E-state index < -0.39 is 0 Å². The normalized spacial score (nSPS) is 18.2. The Morgan fingerprint density at radius 3 is 3.09 bits per heavy atom. The van der Waals surface area contributed by atoms with Crippen molar-refractivity contribution in [2.75, 3.05) is 13.1 Å². The van der Waals surface area contributed by atoms with Crippen LogP contribution in [0.2, 0.25) is 0 Å². The van der Waals surface area contributed by atoms with Gasteiger partial charge in [-0.25, -0.2) is 0 Å². The van der Waals surface area contributed by atoms with Crippen molar-refractivity contribution in [2.24, 2.45) is 0 Å². The highest BCUT2D eigenvalue weighted by atomic mass is 32.1. The average Bonchev–Trinajstić information content (AvgIpc) is 2.36. The maximum Gasteiger partial charge on any atom is 0.0320 e. The van der Waals surface area contributed by atoms with Crippen molar-refractivity contribution >= 4 is 11.3 Å². The van der Waals surface area contributed by atoms with Crippen LogP contribution >= 0.6 is 11.3 Å². The molecule has 1 fully saturated rings. The summed E-state index contributed by atoms with van der Waals surface area (Å²) in [7, 11) is 0. The molecule has 1 saturated heterocycles. The summed E-state index contributed by atoms with van der Waals surface area (Å²) in [5, 5.41) is 11.0. The molecule has 0 saturated carbocycles. The molecule has 0 bridgehead atoms. The van der Waals surface area contributed by atoms with Crippen LogP contribution in [-0.4, -0.2) is 19.1 Å². The third-order valence-electron chi connectivity index (χ3n) is 1.96. The number of nitrogens with one attached hydrogen (secondary N) is 2. The van der Waals surface area contributed by atoms with Gasteiger partial charge in [-0.05, 0) is 22.4 Å². The van der Waals surface area contributed by atoms with Crippen molar-refractivity contribution in [3.05, 3.63) is 22.4 Å². The molecule has 1 aromatic rings. The molecule has 60 valence electrons. The van der Waals surface area contributed by atoms with E-state index >= 15 is 0 Å². The predicted octanol–water partition coefficient (Wildman–Crippen LogP) is 0.809. The molecular weight excluding hydrogens is 156 g/mol. The quantitative estimate of drug-likeness (QED) is 0.698. The van der Waals surface area contributed by atoms with Crippen LogP contribution in [0, 0.1) is 0 Å². The highest BCUT2D eigenvalue weighted by molar-refractivity contribution is 7.07. The molecule has 3 heteroatoms. The van der Waals surface area contributed by atoms with Crippen molar-refractivity contribution < 1.29 is 0 Å². The van der Waals surface area contributed by atoms with Gasteiger partial charge in [0, 0.05) is 25.7 Å². The fourth-order valence-corrected chi connectivity index (χ4v) is 1.76. The molecule has 0 aromatic carbocycles. The third kappa shape index (κ3) is 1.80. The van der Waals surface area contributed by atoms with Crippen LogP contribution in [0.25, 0.3) is 0 Å². The summed E-state index contributed by atoms with van der Waals surface area (Å²) in [6.07, 6.45) is 0. The monoisotopic (exact) mass is 168 g/mol. The Morgan fingerprint density at radius 1 is 1.64 bits per heavy atom. The van der Waals surface area contributed by atoms with Crippen molar-refractivity contribution in [2.45, 2.75) is 12.6 Å². The largest absolute Gasteiger partial charge is 0.314 e. The van der Waals surface area contributed by atoms with E-state index in [-0.39, 0.29) is 0 Å². The number of hydrogen-bond donors (Lipinski definition) is 2. The van der Waals surface area contributed by atoms with Crippen LogP contribution in [0.15, 0.2) is 16.8 Å². The second-order valence-corrected chi connectivity index (χ2v) is 3.65. The summed E-state index contributed by atoms with van der Waals surface area (Å²) in [4.78, 5) is 0. The van der Waals surface area contributed by atoms with Crippen molar-refractivity contribution in [3.8, 4) is 0 Å². The van der Waals surface area contributed by atoms with Crippen molar-refractivity contribution in [1.82, 2.24) is 10.6 Å². The maximum absolute atomic E-state index is 3.47. The number of rotatable bonds is 3. The molecule has 1 aromatic heterocycles. The Hall–Kier alpha value is -0.380. The van der Waals surface area contributed by atoms with E-state index in [0.29, 0.717) is 6.04 Å².